The van der Waals surface area contributed by atoms with Crippen molar-refractivity contribution in [2.45, 2.75) is 196 Å². The molecule has 5 heterocycles. The van der Waals surface area contributed by atoms with Gasteiger partial charge in [-0.05, 0) is 80.5 Å². The number of rotatable bonds is 7. The average Bonchev–Trinajstić information content (AvgIpc) is 3.68. The molecule has 17 heteroatoms. The number of hydrogen-bond donors (Lipinski definition) is 9. The third kappa shape index (κ3) is 7.32. The zero-order chi connectivity index (χ0) is 43.5. The molecule has 26 atom stereocenters. The average molecular weight is 871 g/mol. The third-order valence-electron chi connectivity index (χ3n) is 17.4. The van der Waals surface area contributed by atoms with E-state index in [0.29, 0.717) is 30.1 Å². The molecule has 8 fully saturated rings. The van der Waals surface area contributed by atoms with E-state index in [1.807, 2.05) is 0 Å². The lowest BCUT2D eigenvalue weighted by molar-refractivity contribution is -0.392. The molecule has 0 aromatic heterocycles. The van der Waals surface area contributed by atoms with Gasteiger partial charge in [0.15, 0.2) is 24.7 Å². The minimum absolute atomic E-state index is 0.0513. The number of allylic oxidation sites excluding steroid dienone is 1. The van der Waals surface area contributed by atoms with E-state index in [4.69, 9.17) is 37.9 Å². The summed E-state index contributed by atoms with van der Waals surface area (Å²) in [5, 5.41) is 96.9. The Bertz CT molecular complexity index is 1590. The summed E-state index contributed by atoms with van der Waals surface area (Å²) in [7, 11) is 0. The summed E-state index contributed by atoms with van der Waals surface area (Å²) in [5.74, 6) is 1.55. The summed E-state index contributed by atoms with van der Waals surface area (Å²) < 4.78 is 50.8. The molecule has 0 aromatic rings. The van der Waals surface area contributed by atoms with Crippen LogP contribution >= 0.6 is 0 Å². The molecule has 61 heavy (non-hydrogen) atoms. The van der Waals surface area contributed by atoms with Crippen LogP contribution in [0.25, 0.3) is 0 Å². The molecule has 0 aromatic carbocycles. The minimum atomic E-state index is -1.83. The zero-order valence-electron chi connectivity index (χ0n) is 35.9. The molecule has 348 valence electrons. The summed E-state index contributed by atoms with van der Waals surface area (Å²) in [5.41, 5.74) is 0.602. The van der Waals surface area contributed by atoms with E-state index in [1.165, 1.54) is 0 Å². The second-order valence-electron chi connectivity index (χ2n) is 20.7. The van der Waals surface area contributed by atoms with E-state index in [0.717, 1.165) is 50.7 Å². The van der Waals surface area contributed by atoms with Crippen LogP contribution in [0.5, 0.6) is 0 Å². The molecule has 0 amide bonds. The molecule has 4 aliphatic carbocycles. The van der Waals surface area contributed by atoms with Gasteiger partial charge in [0, 0.05) is 24.2 Å². The Morgan fingerprint density at radius 2 is 1.48 bits per heavy atom. The Morgan fingerprint density at radius 3 is 2.20 bits per heavy atom. The first-order valence-electron chi connectivity index (χ1n) is 22.9. The quantitative estimate of drug-likeness (QED) is 0.151. The van der Waals surface area contributed by atoms with Crippen molar-refractivity contribution in [3.63, 3.8) is 0 Å². The van der Waals surface area contributed by atoms with Crippen LogP contribution in [0.4, 0.5) is 0 Å². The van der Waals surface area contributed by atoms with Crippen molar-refractivity contribution in [3.05, 3.63) is 11.6 Å². The van der Waals surface area contributed by atoms with E-state index >= 15 is 0 Å². The minimum Gasteiger partial charge on any atom is -0.394 e. The van der Waals surface area contributed by atoms with Crippen molar-refractivity contribution >= 4 is 0 Å². The van der Waals surface area contributed by atoms with Crippen molar-refractivity contribution in [3.8, 4) is 0 Å². The molecule has 3 saturated carbocycles. The first kappa shape index (κ1) is 45.2. The molecule has 1 unspecified atom stereocenters. The van der Waals surface area contributed by atoms with Gasteiger partial charge in [0.25, 0.3) is 0 Å². The van der Waals surface area contributed by atoms with Crippen LogP contribution in [0.1, 0.15) is 86.0 Å². The van der Waals surface area contributed by atoms with Gasteiger partial charge in [0.2, 0.25) is 0 Å². The van der Waals surface area contributed by atoms with Gasteiger partial charge < -0.3 is 83.9 Å². The van der Waals surface area contributed by atoms with Crippen LogP contribution in [0, 0.1) is 46.3 Å². The van der Waals surface area contributed by atoms with Crippen molar-refractivity contribution in [1.29, 1.82) is 0 Å². The zero-order valence-corrected chi connectivity index (χ0v) is 35.9. The van der Waals surface area contributed by atoms with Crippen LogP contribution < -0.4 is 0 Å². The Labute approximate surface area is 357 Å². The Kier molecular flexibility index (Phi) is 12.4. The molecule has 17 nitrogen and oxygen atoms in total. The summed E-state index contributed by atoms with van der Waals surface area (Å²) in [6.45, 7) is 10.5. The van der Waals surface area contributed by atoms with Gasteiger partial charge in [0.05, 0.1) is 44.2 Å². The van der Waals surface area contributed by atoms with E-state index in [1.54, 1.807) is 6.92 Å². The van der Waals surface area contributed by atoms with Crippen LogP contribution in [0.2, 0.25) is 0 Å². The highest BCUT2D eigenvalue weighted by atomic mass is 16.8. The van der Waals surface area contributed by atoms with Gasteiger partial charge in [-0.15, -0.1) is 0 Å². The van der Waals surface area contributed by atoms with Gasteiger partial charge in [0.1, 0.15) is 61.0 Å². The van der Waals surface area contributed by atoms with Gasteiger partial charge in [-0.2, -0.15) is 0 Å². The number of aliphatic hydroxyl groups excluding tert-OH is 9. The largest absolute Gasteiger partial charge is 0.394 e. The summed E-state index contributed by atoms with van der Waals surface area (Å²) >= 11 is 0. The van der Waals surface area contributed by atoms with Crippen LogP contribution in [0.15, 0.2) is 11.6 Å². The number of hydrogen-bond acceptors (Lipinski definition) is 17. The SMILES string of the molecule is C[C@@H]1CC[C@@]2(OC1)O[C@H]1C[C@H]3[C@@H]4CC=C5C[C@@H](O)C[C@@H](O[C@@H]6O[C@H](C)[C@H](O)[C@H](O[C@@H]7OC[C@@H](O)[C@H](O)[C@H]7O)[C@H]6O[C@@H]6O[C@H](CO)[C@@H](O)[C@H](O)[C@H]6O)[C@]5(C)[C@H]4CC[C@]3(C)C1[C@@H]2C. The predicted molar refractivity (Wildman–Crippen MR) is 210 cm³/mol. The van der Waals surface area contributed by atoms with Gasteiger partial charge in [-0.25, -0.2) is 0 Å². The second kappa shape index (κ2) is 16.7. The second-order valence-corrected chi connectivity index (χ2v) is 20.7. The molecule has 0 radical (unpaired) electrons. The smallest absolute Gasteiger partial charge is 0.187 e. The van der Waals surface area contributed by atoms with Crippen LogP contribution in [-0.2, 0) is 37.9 Å². The monoisotopic (exact) mass is 870 g/mol. The highest BCUT2D eigenvalue weighted by Crippen LogP contribution is 2.71. The Balaban J connectivity index is 1.01. The summed E-state index contributed by atoms with van der Waals surface area (Å²) in [4.78, 5) is 0. The lowest BCUT2D eigenvalue weighted by atomic mass is 9.46. The molecule has 5 aliphatic heterocycles. The highest BCUT2D eigenvalue weighted by Gasteiger charge is 2.70. The fourth-order valence-electron chi connectivity index (χ4n) is 13.8. The van der Waals surface area contributed by atoms with E-state index in [2.05, 4.69) is 33.8 Å². The van der Waals surface area contributed by atoms with E-state index in [9.17, 15) is 46.0 Å². The maximum Gasteiger partial charge on any atom is 0.187 e. The van der Waals surface area contributed by atoms with Crippen LogP contribution in [0.3, 0.4) is 0 Å². The standard InChI is InChI=1S/C44H70O17/c1-18-8-11-44(55-16-18)19(2)30-27(61-44)14-25-23-7-6-21-12-22(46)13-29(43(21,5)24(23)9-10-42(25,30)4)58-41-38(60-40-36(53)34(51)33(50)28(15-45)57-40)37(31(48)20(3)56-41)59-39-35(52)32(49)26(47)17-54-39/h6,18-20,22-41,45-53H,7-17H2,1-5H3/t18-,19+,20-,22-,23-,24+,25+,26-,27+,28-,29-,30?,31+,32+,33-,34+,35-,36-,37+,38-,39+,40+,41+,42+,43+,44-/m1/s1. The molecule has 9 N–H and O–H groups in total. The van der Waals surface area contributed by atoms with E-state index in [-0.39, 0.29) is 36.4 Å². The van der Waals surface area contributed by atoms with Crippen molar-refractivity contribution < 1.29 is 83.9 Å². The molecule has 9 aliphatic rings. The molecule has 5 saturated heterocycles. The number of fused-ring (bicyclic) bond motifs is 7. The fourth-order valence-corrected chi connectivity index (χ4v) is 13.8. The van der Waals surface area contributed by atoms with Gasteiger partial charge in [-0.1, -0.05) is 39.3 Å². The first-order valence-corrected chi connectivity index (χ1v) is 22.9. The lowest BCUT2D eigenvalue weighted by Crippen LogP contribution is -2.67. The highest BCUT2D eigenvalue weighted by molar-refractivity contribution is 5.29. The van der Waals surface area contributed by atoms with Crippen LogP contribution in [-0.4, -0.2) is 176 Å². The maximum atomic E-state index is 11.6. The molecule has 1 spiro atoms. The predicted octanol–water partition coefficient (Wildman–Crippen LogP) is -0.176. The lowest BCUT2D eigenvalue weighted by Gasteiger charge is -2.60. The fraction of sp³-hybridized carbons (Fsp3) is 0.955. The number of ether oxygens (including phenoxy) is 8. The summed E-state index contributed by atoms with van der Waals surface area (Å²) in [6, 6.07) is 0. The first-order chi connectivity index (χ1) is 28.9. The summed E-state index contributed by atoms with van der Waals surface area (Å²) in [6.07, 6.45) is -13.7. The molecule has 9 rings (SSSR count). The molecular formula is C44H70O17. The van der Waals surface area contributed by atoms with Crippen molar-refractivity contribution in [2.75, 3.05) is 19.8 Å². The molecular weight excluding hydrogens is 800 g/mol. The number of aliphatic hydroxyl groups is 9. The molecule has 0 bridgehead atoms. The third-order valence-corrected chi connectivity index (χ3v) is 17.4. The Hall–Kier alpha value is -0.940. The van der Waals surface area contributed by atoms with Crippen molar-refractivity contribution in [2.24, 2.45) is 46.3 Å². The topological polar surface area (TPSA) is 256 Å². The maximum absolute atomic E-state index is 11.6. The van der Waals surface area contributed by atoms with Gasteiger partial charge >= 0.3 is 0 Å². The Morgan fingerprint density at radius 1 is 0.738 bits per heavy atom. The van der Waals surface area contributed by atoms with Crippen molar-refractivity contribution in [1.82, 2.24) is 0 Å². The van der Waals surface area contributed by atoms with E-state index < -0.39 is 116 Å². The normalized spacial score (nSPS) is 58.4. The van der Waals surface area contributed by atoms with Gasteiger partial charge in [-0.3, -0.25) is 0 Å².